The highest BCUT2D eigenvalue weighted by atomic mass is 16.5. The Kier molecular flexibility index (Phi) is 5.00. The molecular formula is C17H21N5O2. The number of hydrogen-bond acceptors (Lipinski definition) is 6. The Hall–Kier alpha value is -2.54. The maximum atomic E-state index is 11.7. The van der Waals surface area contributed by atoms with Crippen molar-refractivity contribution >= 4 is 11.7 Å². The van der Waals surface area contributed by atoms with Crippen molar-refractivity contribution in [3.8, 4) is 11.4 Å². The van der Waals surface area contributed by atoms with Gasteiger partial charge in [-0.1, -0.05) is 0 Å². The third-order valence-electron chi connectivity index (χ3n) is 4.12. The van der Waals surface area contributed by atoms with Crippen LogP contribution in [0.25, 0.3) is 11.4 Å². The van der Waals surface area contributed by atoms with Crippen molar-refractivity contribution in [3.05, 3.63) is 35.8 Å². The van der Waals surface area contributed by atoms with Crippen molar-refractivity contribution < 1.29 is 9.53 Å². The average Bonchev–Trinajstić information content (AvgIpc) is 3.07. The molecule has 2 aromatic heterocycles. The van der Waals surface area contributed by atoms with Gasteiger partial charge < -0.3 is 15.8 Å². The molecule has 0 aromatic carbocycles. The van der Waals surface area contributed by atoms with Gasteiger partial charge in [0.1, 0.15) is 11.9 Å². The maximum absolute atomic E-state index is 11.7. The summed E-state index contributed by atoms with van der Waals surface area (Å²) < 4.78 is 5.06. The van der Waals surface area contributed by atoms with Gasteiger partial charge in [0.05, 0.1) is 0 Å². The number of pyridine rings is 1. The number of nitrogens with zero attached hydrogens (tertiary/aromatic N) is 3. The molecule has 24 heavy (non-hydrogen) atoms. The largest absolute Gasteiger partial charge is 0.385 e. The van der Waals surface area contributed by atoms with Gasteiger partial charge >= 0.3 is 0 Å². The van der Waals surface area contributed by atoms with Crippen LogP contribution in [0.2, 0.25) is 0 Å². The highest BCUT2D eigenvalue weighted by Crippen LogP contribution is 2.29. The summed E-state index contributed by atoms with van der Waals surface area (Å²) in [4.78, 5) is 25.1. The summed E-state index contributed by atoms with van der Waals surface area (Å²) in [5.41, 5.74) is 8.46. The van der Waals surface area contributed by atoms with E-state index in [1.54, 1.807) is 19.5 Å². The topological polar surface area (TPSA) is 103 Å². The molecule has 126 valence electrons. The van der Waals surface area contributed by atoms with Gasteiger partial charge in [-0.05, 0) is 37.8 Å². The fourth-order valence-corrected chi connectivity index (χ4v) is 2.86. The van der Waals surface area contributed by atoms with Crippen LogP contribution < -0.4 is 11.1 Å². The summed E-state index contributed by atoms with van der Waals surface area (Å²) in [5, 5.41) is 3.20. The van der Waals surface area contributed by atoms with E-state index >= 15 is 0 Å². The molecule has 0 radical (unpaired) electrons. The number of fused-ring (bicyclic) bond motifs is 1. The Labute approximate surface area is 140 Å². The molecule has 0 saturated carbocycles. The number of hydrogen-bond donors (Lipinski definition) is 2. The molecule has 0 unspecified atom stereocenters. The zero-order valence-electron chi connectivity index (χ0n) is 13.7. The van der Waals surface area contributed by atoms with E-state index in [2.05, 4.69) is 20.3 Å². The van der Waals surface area contributed by atoms with E-state index in [4.69, 9.17) is 10.5 Å². The number of methoxy groups -OCH3 is 1. The van der Waals surface area contributed by atoms with E-state index in [1.807, 2.05) is 12.1 Å². The fraction of sp³-hybridized carbons (Fsp3) is 0.412. The molecule has 0 fully saturated rings. The first-order chi connectivity index (χ1) is 11.7. The molecule has 0 spiro atoms. The third-order valence-corrected chi connectivity index (χ3v) is 4.12. The van der Waals surface area contributed by atoms with E-state index in [9.17, 15) is 4.79 Å². The predicted octanol–water partition coefficient (Wildman–Crippen LogP) is 1.33. The number of ether oxygens (including phenoxy) is 1. The molecule has 7 nitrogen and oxygen atoms in total. The molecule has 2 aromatic rings. The van der Waals surface area contributed by atoms with Crippen LogP contribution in [0, 0.1) is 0 Å². The minimum Gasteiger partial charge on any atom is -0.385 e. The van der Waals surface area contributed by atoms with Crippen LogP contribution >= 0.6 is 0 Å². The molecular weight excluding hydrogens is 306 g/mol. The van der Waals surface area contributed by atoms with E-state index in [-0.39, 0.29) is 0 Å². The minimum absolute atomic E-state index is 0.416. The first-order valence-corrected chi connectivity index (χ1v) is 8.04. The van der Waals surface area contributed by atoms with Crippen LogP contribution in [0.1, 0.15) is 24.1 Å². The van der Waals surface area contributed by atoms with E-state index in [1.165, 1.54) is 0 Å². The van der Waals surface area contributed by atoms with Crippen molar-refractivity contribution in [1.82, 2.24) is 15.0 Å². The van der Waals surface area contributed by atoms with Crippen molar-refractivity contribution in [2.45, 2.75) is 31.7 Å². The number of aromatic nitrogens is 3. The second kappa shape index (κ2) is 7.35. The van der Waals surface area contributed by atoms with Crippen molar-refractivity contribution in [3.63, 3.8) is 0 Å². The van der Waals surface area contributed by atoms with Crippen molar-refractivity contribution in [2.24, 2.45) is 5.73 Å². The van der Waals surface area contributed by atoms with Gasteiger partial charge in [0, 0.05) is 42.9 Å². The Balaban J connectivity index is 1.94. The molecule has 2 heterocycles. The van der Waals surface area contributed by atoms with Gasteiger partial charge in [-0.3, -0.25) is 9.78 Å². The number of nitrogens with one attached hydrogen (secondary N) is 1. The van der Waals surface area contributed by atoms with Crippen LogP contribution in [0.15, 0.2) is 24.5 Å². The normalized spacial score (nSPS) is 14.2. The zero-order chi connectivity index (χ0) is 16.9. The lowest BCUT2D eigenvalue weighted by molar-refractivity contribution is -0.119. The molecule has 1 aliphatic rings. The monoisotopic (exact) mass is 327 g/mol. The number of carbonyl (C=O) groups excluding carboxylic acids is 1. The number of primary amides is 1. The first kappa shape index (κ1) is 16.3. The second-order valence-corrected chi connectivity index (χ2v) is 5.80. The van der Waals surface area contributed by atoms with Crippen LogP contribution in [0.3, 0.4) is 0 Å². The summed E-state index contributed by atoms with van der Waals surface area (Å²) in [6, 6.07) is 3.25. The molecule has 1 aliphatic carbocycles. The lowest BCUT2D eigenvalue weighted by Crippen LogP contribution is -2.37. The molecule has 1 atom stereocenters. The Morgan fingerprint density at radius 1 is 1.42 bits per heavy atom. The van der Waals surface area contributed by atoms with Gasteiger partial charge in [-0.15, -0.1) is 0 Å². The summed E-state index contributed by atoms with van der Waals surface area (Å²) in [6.07, 6.45) is 6.79. The van der Waals surface area contributed by atoms with Crippen molar-refractivity contribution in [1.29, 1.82) is 0 Å². The molecule has 1 amide bonds. The Morgan fingerprint density at radius 3 is 3.00 bits per heavy atom. The predicted molar refractivity (Wildman–Crippen MR) is 90.4 cm³/mol. The summed E-state index contributed by atoms with van der Waals surface area (Å²) >= 11 is 0. The van der Waals surface area contributed by atoms with Gasteiger partial charge in [0.25, 0.3) is 0 Å². The lowest BCUT2D eigenvalue weighted by Gasteiger charge is -2.18. The number of anilines is 1. The van der Waals surface area contributed by atoms with Crippen LogP contribution in [-0.4, -0.2) is 40.6 Å². The number of aryl methyl sites for hydroxylation is 1. The number of nitrogens with two attached hydrogens (primary N) is 1. The first-order valence-electron chi connectivity index (χ1n) is 8.04. The number of rotatable bonds is 7. The quantitative estimate of drug-likeness (QED) is 0.795. The van der Waals surface area contributed by atoms with Gasteiger partial charge in [-0.2, -0.15) is 0 Å². The SMILES string of the molecule is COCC[C@@H](Nc1nc(-c2cccnc2)nc2c1CCC2)C(N)=O. The molecule has 0 saturated heterocycles. The number of carbonyl (C=O) groups is 1. The van der Waals surface area contributed by atoms with Gasteiger partial charge in [-0.25, -0.2) is 9.97 Å². The average molecular weight is 327 g/mol. The third kappa shape index (κ3) is 3.51. The molecule has 3 N–H and O–H groups in total. The zero-order valence-corrected chi connectivity index (χ0v) is 13.7. The lowest BCUT2D eigenvalue weighted by atomic mass is 10.1. The molecule has 0 bridgehead atoms. The smallest absolute Gasteiger partial charge is 0.240 e. The molecule has 3 rings (SSSR count). The number of amides is 1. The summed E-state index contributed by atoms with van der Waals surface area (Å²) in [6.45, 7) is 0.448. The maximum Gasteiger partial charge on any atom is 0.240 e. The highest BCUT2D eigenvalue weighted by molar-refractivity contribution is 5.83. The molecule has 7 heteroatoms. The second-order valence-electron chi connectivity index (χ2n) is 5.80. The summed E-state index contributed by atoms with van der Waals surface area (Å²) in [7, 11) is 1.60. The van der Waals surface area contributed by atoms with Crippen LogP contribution in [0.5, 0.6) is 0 Å². The van der Waals surface area contributed by atoms with Crippen LogP contribution in [-0.2, 0) is 22.4 Å². The summed E-state index contributed by atoms with van der Waals surface area (Å²) in [5.74, 6) is 0.887. The van der Waals surface area contributed by atoms with Crippen LogP contribution in [0.4, 0.5) is 5.82 Å². The van der Waals surface area contributed by atoms with E-state index < -0.39 is 11.9 Å². The fourth-order valence-electron chi connectivity index (χ4n) is 2.86. The Bertz CT molecular complexity index is 720. The minimum atomic E-state index is -0.522. The standard InChI is InChI=1S/C17H21N5O2/c1-24-9-7-14(15(18)23)21-17-12-5-2-6-13(12)20-16(22-17)11-4-3-8-19-10-11/h3-4,8,10,14H,2,5-7,9H2,1H3,(H2,18,23)(H,20,21,22)/t14-/m1/s1. The Morgan fingerprint density at radius 2 is 2.29 bits per heavy atom. The van der Waals surface area contributed by atoms with Gasteiger partial charge in [0.15, 0.2) is 5.82 Å². The van der Waals surface area contributed by atoms with E-state index in [0.29, 0.717) is 24.7 Å². The molecule has 0 aliphatic heterocycles. The van der Waals surface area contributed by atoms with Crippen molar-refractivity contribution in [2.75, 3.05) is 19.0 Å². The van der Waals surface area contributed by atoms with Gasteiger partial charge in [0.2, 0.25) is 5.91 Å². The highest BCUT2D eigenvalue weighted by Gasteiger charge is 2.23. The van der Waals surface area contributed by atoms with E-state index in [0.717, 1.165) is 36.1 Å².